The number of anilines is 4. The molecule has 2 aromatic heterocycles. The highest BCUT2D eigenvalue weighted by Gasteiger charge is 2.12. The quantitative estimate of drug-likeness (QED) is 0.382. The van der Waals surface area contributed by atoms with E-state index in [0.29, 0.717) is 17.5 Å². The molecule has 2 aromatic carbocycles. The minimum atomic E-state index is -0.306. The SMILES string of the molecule is C=CC(=O)Nc1cccc(-c2cccc3cnc(Nc4ccc(N5CCNCC5)cc4)nc23)n1. The fourth-order valence-electron chi connectivity index (χ4n) is 3.96. The van der Waals surface area contributed by atoms with Crippen molar-refractivity contribution in [2.75, 3.05) is 41.7 Å². The van der Waals surface area contributed by atoms with Gasteiger partial charge in [-0.3, -0.25) is 4.79 Å². The molecule has 0 saturated carbocycles. The number of carbonyl (C=O) groups is 1. The number of aromatic nitrogens is 3. The van der Waals surface area contributed by atoms with Crippen molar-refractivity contribution < 1.29 is 4.79 Å². The lowest BCUT2D eigenvalue weighted by molar-refractivity contribution is -0.111. The van der Waals surface area contributed by atoms with Gasteiger partial charge in [0, 0.05) is 54.7 Å². The van der Waals surface area contributed by atoms with Crippen LogP contribution in [0.4, 0.5) is 23.1 Å². The van der Waals surface area contributed by atoms with Crippen LogP contribution in [0.15, 0.2) is 79.5 Å². The van der Waals surface area contributed by atoms with Gasteiger partial charge in [0.2, 0.25) is 11.9 Å². The molecule has 1 amide bonds. The van der Waals surface area contributed by atoms with Crippen LogP contribution in [0.1, 0.15) is 0 Å². The summed E-state index contributed by atoms with van der Waals surface area (Å²) in [5.74, 6) is 0.654. The number of hydrogen-bond acceptors (Lipinski definition) is 7. The molecule has 170 valence electrons. The van der Waals surface area contributed by atoms with Crippen molar-refractivity contribution in [3.8, 4) is 11.3 Å². The van der Waals surface area contributed by atoms with Gasteiger partial charge in [0.1, 0.15) is 5.82 Å². The number of nitrogens with zero attached hydrogens (tertiary/aromatic N) is 4. The van der Waals surface area contributed by atoms with Crippen LogP contribution < -0.4 is 20.9 Å². The van der Waals surface area contributed by atoms with Gasteiger partial charge in [0.05, 0.1) is 11.2 Å². The average Bonchev–Trinajstić information content (AvgIpc) is 2.89. The Morgan fingerprint density at radius 1 is 1.00 bits per heavy atom. The monoisotopic (exact) mass is 451 g/mol. The van der Waals surface area contributed by atoms with E-state index < -0.39 is 0 Å². The molecule has 34 heavy (non-hydrogen) atoms. The number of piperazine rings is 1. The molecule has 0 aliphatic carbocycles. The van der Waals surface area contributed by atoms with E-state index in [9.17, 15) is 4.79 Å². The highest BCUT2D eigenvalue weighted by atomic mass is 16.1. The first kappa shape index (κ1) is 21.5. The Kier molecular flexibility index (Phi) is 6.13. The molecule has 8 nitrogen and oxygen atoms in total. The first-order valence-electron chi connectivity index (χ1n) is 11.2. The zero-order valence-electron chi connectivity index (χ0n) is 18.7. The highest BCUT2D eigenvalue weighted by molar-refractivity contribution is 5.98. The number of carbonyl (C=O) groups excluding carboxylic acids is 1. The van der Waals surface area contributed by atoms with Gasteiger partial charge < -0.3 is 20.9 Å². The summed E-state index contributed by atoms with van der Waals surface area (Å²) >= 11 is 0. The fraction of sp³-hybridized carbons (Fsp3) is 0.154. The largest absolute Gasteiger partial charge is 0.369 e. The molecule has 1 saturated heterocycles. The number of hydrogen-bond donors (Lipinski definition) is 3. The van der Waals surface area contributed by atoms with Crippen molar-refractivity contribution in [1.82, 2.24) is 20.3 Å². The molecule has 1 aliphatic heterocycles. The summed E-state index contributed by atoms with van der Waals surface area (Å²) in [6.45, 7) is 7.51. The third-order valence-electron chi connectivity index (χ3n) is 5.68. The average molecular weight is 452 g/mol. The highest BCUT2D eigenvalue weighted by Crippen LogP contribution is 2.28. The molecule has 0 atom stereocenters. The Hall–Kier alpha value is -4.30. The van der Waals surface area contributed by atoms with Crippen LogP contribution in [0.3, 0.4) is 0 Å². The smallest absolute Gasteiger partial charge is 0.248 e. The molecule has 1 fully saturated rings. The lowest BCUT2D eigenvalue weighted by Gasteiger charge is -2.29. The zero-order chi connectivity index (χ0) is 23.3. The first-order valence-corrected chi connectivity index (χ1v) is 11.2. The van der Waals surface area contributed by atoms with Crippen molar-refractivity contribution in [2.45, 2.75) is 0 Å². The summed E-state index contributed by atoms with van der Waals surface area (Å²) in [6, 6.07) is 19.7. The summed E-state index contributed by atoms with van der Waals surface area (Å²) in [7, 11) is 0. The normalized spacial score (nSPS) is 13.5. The molecule has 1 aliphatic rings. The van der Waals surface area contributed by atoms with Gasteiger partial charge in [-0.05, 0) is 42.5 Å². The molecular weight excluding hydrogens is 426 g/mol. The summed E-state index contributed by atoms with van der Waals surface area (Å²) in [5, 5.41) is 10.3. The minimum Gasteiger partial charge on any atom is -0.369 e. The summed E-state index contributed by atoms with van der Waals surface area (Å²) in [6.07, 6.45) is 3.01. The number of rotatable bonds is 6. The van der Waals surface area contributed by atoms with Crippen LogP contribution in [0.5, 0.6) is 0 Å². The van der Waals surface area contributed by atoms with Crippen molar-refractivity contribution in [1.29, 1.82) is 0 Å². The number of nitrogens with one attached hydrogen (secondary N) is 3. The number of pyridine rings is 1. The summed E-state index contributed by atoms with van der Waals surface area (Å²) in [4.78, 5) is 27.9. The molecule has 8 heteroatoms. The van der Waals surface area contributed by atoms with E-state index in [1.807, 2.05) is 42.5 Å². The van der Waals surface area contributed by atoms with E-state index in [4.69, 9.17) is 4.98 Å². The topological polar surface area (TPSA) is 95.1 Å². The summed E-state index contributed by atoms with van der Waals surface area (Å²) in [5.41, 5.74) is 4.47. The predicted octanol–water partition coefficient (Wildman–Crippen LogP) is 3.97. The van der Waals surface area contributed by atoms with E-state index in [0.717, 1.165) is 48.3 Å². The maximum Gasteiger partial charge on any atom is 0.248 e. The zero-order valence-corrected chi connectivity index (χ0v) is 18.7. The van der Waals surface area contributed by atoms with Crippen molar-refractivity contribution in [3.63, 3.8) is 0 Å². The lowest BCUT2D eigenvalue weighted by Crippen LogP contribution is -2.43. The van der Waals surface area contributed by atoms with Crippen molar-refractivity contribution >= 4 is 40.0 Å². The fourth-order valence-corrected chi connectivity index (χ4v) is 3.96. The predicted molar refractivity (Wildman–Crippen MR) is 136 cm³/mol. The molecule has 0 unspecified atom stereocenters. The number of para-hydroxylation sites is 1. The first-order chi connectivity index (χ1) is 16.7. The summed E-state index contributed by atoms with van der Waals surface area (Å²) < 4.78 is 0. The lowest BCUT2D eigenvalue weighted by atomic mass is 10.1. The Labute approximate surface area is 197 Å². The van der Waals surface area contributed by atoms with Crippen LogP contribution >= 0.6 is 0 Å². The van der Waals surface area contributed by atoms with Crippen molar-refractivity contribution in [2.24, 2.45) is 0 Å². The Morgan fingerprint density at radius 2 is 1.79 bits per heavy atom. The Bertz CT molecular complexity index is 1330. The number of fused-ring (bicyclic) bond motifs is 1. The molecule has 3 N–H and O–H groups in total. The third-order valence-corrected chi connectivity index (χ3v) is 5.68. The van der Waals surface area contributed by atoms with E-state index >= 15 is 0 Å². The van der Waals surface area contributed by atoms with Gasteiger partial charge in [-0.15, -0.1) is 0 Å². The van der Waals surface area contributed by atoms with Gasteiger partial charge in [-0.25, -0.2) is 15.0 Å². The van der Waals surface area contributed by atoms with Gasteiger partial charge >= 0.3 is 0 Å². The van der Waals surface area contributed by atoms with E-state index in [1.54, 1.807) is 12.3 Å². The molecule has 4 aromatic rings. The molecule has 0 radical (unpaired) electrons. The second kappa shape index (κ2) is 9.68. The van der Waals surface area contributed by atoms with Crippen molar-refractivity contribution in [3.05, 3.63) is 79.5 Å². The van der Waals surface area contributed by atoms with E-state index in [-0.39, 0.29) is 5.91 Å². The van der Waals surface area contributed by atoms with Gasteiger partial charge in [0.15, 0.2) is 0 Å². The minimum absolute atomic E-state index is 0.306. The second-order valence-corrected chi connectivity index (χ2v) is 7.95. The Morgan fingerprint density at radius 3 is 2.59 bits per heavy atom. The Balaban J connectivity index is 1.41. The van der Waals surface area contributed by atoms with Gasteiger partial charge in [-0.1, -0.05) is 30.8 Å². The van der Waals surface area contributed by atoms with Gasteiger partial charge in [0.25, 0.3) is 0 Å². The third kappa shape index (κ3) is 4.72. The number of amides is 1. The van der Waals surface area contributed by atoms with Crippen LogP contribution in [-0.2, 0) is 4.79 Å². The van der Waals surface area contributed by atoms with Crippen LogP contribution in [0.2, 0.25) is 0 Å². The van der Waals surface area contributed by atoms with Crippen LogP contribution in [-0.4, -0.2) is 47.0 Å². The van der Waals surface area contributed by atoms with E-state index in [1.165, 1.54) is 11.8 Å². The second-order valence-electron chi connectivity index (χ2n) is 7.95. The molecule has 0 bridgehead atoms. The molecular formula is C26H25N7O. The standard InChI is InChI=1S/C26H25N7O/c1-2-24(34)31-23-8-4-7-22(30-23)21-6-3-5-18-17-28-26(32-25(18)21)29-19-9-11-20(12-10-19)33-15-13-27-14-16-33/h2-12,17,27H,1,13-16H2,(H,28,29,32)(H,30,31,34). The maximum atomic E-state index is 11.7. The molecule has 0 spiro atoms. The number of benzene rings is 2. The molecule has 5 rings (SSSR count). The van der Waals surface area contributed by atoms with Crippen LogP contribution in [0.25, 0.3) is 22.2 Å². The molecule has 3 heterocycles. The maximum absolute atomic E-state index is 11.7. The van der Waals surface area contributed by atoms with Crippen LogP contribution in [0, 0.1) is 0 Å². The van der Waals surface area contributed by atoms with Gasteiger partial charge in [-0.2, -0.15) is 0 Å². The van der Waals surface area contributed by atoms with E-state index in [2.05, 4.69) is 49.5 Å².